The molecule has 1 aromatic heterocycles. The first-order chi connectivity index (χ1) is 10.4. The minimum atomic E-state index is -4.68. The molecule has 22 heavy (non-hydrogen) atoms. The van der Waals surface area contributed by atoms with Crippen molar-refractivity contribution in [2.45, 2.75) is 12.6 Å². The maximum atomic E-state index is 13.1. The van der Waals surface area contributed by atoms with Gasteiger partial charge in [-0.1, -0.05) is 23.7 Å². The number of hydrogen-bond donors (Lipinski definition) is 0. The predicted molar refractivity (Wildman–Crippen MR) is 71.1 cm³/mol. The van der Waals surface area contributed by atoms with E-state index < -0.39 is 23.5 Å². The molecule has 0 atom stereocenters. The summed E-state index contributed by atoms with van der Waals surface area (Å²) < 4.78 is 44.3. The number of aromatic nitrogens is 2. The van der Waals surface area contributed by atoms with Crippen LogP contribution in [-0.4, -0.2) is 22.4 Å². The van der Waals surface area contributed by atoms with Crippen LogP contribution < -0.4 is 4.74 Å². The summed E-state index contributed by atoms with van der Waals surface area (Å²) >= 11 is 5.89. The number of hydrogen-bond acceptors (Lipinski definition) is 4. The van der Waals surface area contributed by atoms with Crippen molar-refractivity contribution in [3.63, 3.8) is 0 Å². The maximum absolute atomic E-state index is 13.1. The van der Waals surface area contributed by atoms with Gasteiger partial charge in [0.15, 0.2) is 5.69 Å². The summed E-state index contributed by atoms with van der Waals surface area (Å²) in [5.74, 6) is -1.56. The van der Waals surface area contributed by atoms with E-state index in [1.54, 1.807) is 12.1 Å². The molecule has 114 valence electrons. The minimum Gasteiger partial charge on any atom is -0.477 e. The highest BCUT2D eigenvalue weighted by Gasteiger charge is 2.40. The summed E-state index contributed by atoms with van der Waals surface area (Å²) in [6.07, 6.45) is -4.62. The van der Waals surface area contributed by atoms with Gasteiger partial charge in [-0.2, -0.15) is 18.2 Å². The van der Waals surface area contributed by atoms with Gasteiger partial charge in [0.1, 0.15) is 0 Å². The Labute approximate surface area is 127 Å². The highest BCUT2D eigenvalue weighted by Crippen LogP contribution is 2.36. The summed E-state index contributed by atoms with van der Waals surface area (Å²) in [7, 11) is 0. The Morgan fingerprint density at radius 2 is 1.95 bits per heavy atom. The number of rotatable bonds is 2. The molecule has 0 N–H and O–H groups in total. The fourth-order valence-electron chi connectivity index (χ4n) is 2.16. The van der Waals surface area contributed by atoms with Gasteiger partial charge in [-0.15, -0.1) is 0 Å². The van der Waals surface area contributed by atoms with Gasteiger partial charge in [-0.3, -0.25) is 4.79 Å². The highest BCUT2D eigenvalue weighted by atomic mass is 35.5. The van der Waals surface area contributed by atoms with Gasteiger partial charge in [0.05, 0.1) is 11.6 Å². The van der Waals surface area contributed by atoms with Gasteiger partial charge in [0.2, 0.25) is 17.5 Å². The molecule has 0 bridgehead atoms. The Morgan fingerprint density at radius 1 is 1.23 bits per heavy atom. The number of fused-ring (bicyclic) bond motifs is 1. The lowest BCUT2D eigenvalue weighted by Gasteiger charge is -2.11. The van der Waals surface area contributed by atoms with E-state index in [0.29, 0.717) is 0 Å². The Hall–Kier alpha value is -2.15. The molecule has 8 heteroatoms. The Bertz CT molecular complexity index is 762. The van der Waals surface area contributed by atoms with Crippen molar-refractivity contribution < 1.29 is 22.7 Å². The fourth-order valence-corrected chi connectivity index (χ4v) is 2.38. The molecular weight excluding hydrogens is 321 g/mol. The summed E-state index contributed by atoms with van der Waals surface area (Å²) in [5.41, 5.74) is -1.22. The molecule has 1 aliphatic heterocycles. The van der Waals surface area contributed by atoms with Crippen LogP contribution in [0.2, 0.25) is 5.02 Å². The van der Waals surface area contributed by atoms with E-state index in [-0.39, 0.29) is 35.1 Å². The van der Waals surface area contributed by atoms with E-state index in [0.717, 1.165) is 0 Å². The van der Waals surface area contributed by atoms with E-state index in [4.69, 9.17) is 16.3 Å². The molecule has 0 unspecified atom stereocenters. The van der Waals surface area contributed by atoms with Gasteiger partial charge >= 0.3 is 6.18 Å². The van der Waals surface area contributed by atoms with Gasteiger partial charge in [0, 0.05) is 17.5 Å². The lowest BCUT2D eigenvalue weighted by atomic mass is 10.1. The van der Waals surface area contributed by atoms with Crippen LogP contribution in [0.4, 0.5) is 13.2 Å². The van der Waals surface area contributed by atoms with Crippen LogP contribution in [0.1, 0.15) is 27.4 Å². The molecule has 3 rings (SSSR count). The number of carbonyl (C=O) groups is 1. The first-order valence-electron chi connectivity index (χ1n) is 6.28. The summed E-state index contributed by atoms with van der Waals surface area (Å²) in [5, 5.41) is 0.117. The molecule has 1 aliphatic rings. The summed E-state index contributed by atoms with van der Waals surface area (Å²) in [6, 6.07) is 6.01. The molecule has 0 saturated carbocycles. The van der Waals surface area contributed by atoms with E-state index in [1.165, 1.54) is 12.1 Å². The number of carbonyl (C=O) groups excluding carboxylic acids is 1. The largest absolute Gasteiger partial charge is 0.477 e. The number of benzene rings is 1. The molecule has 0 saturated heterocycles. The second kappa shape index (κ2) is 5.24. The normalized spacial score (nSPS) is 13.6. The van der Waals surface area contributed by atoms with Crippen LogP contribution in [0.5, 0.6) is 5.88 Å². The molecule has 2 aromatic rings. The predicted octanol–water partition coefficient (Wildman–Crippen LogP) is 3.31. The van der Waals surface area contributed by atoms with Crippen LogP contribution in [0.15, 0.2) is 24.3 Å². The molecule has 0 radical (unpaired) electrons. The molecular formula is C14H8ClF3N2O2. The Kier molecular flexibility index (Phi) is 3.52. The summed E-state index contributed by atoms with van der Waals surface area (Å²) in [4.78, 5) is 19.5. The monoisotopic (exact) mass is 328 g/mol. The second-order valence-electron chi connectivity index (χ2n) is 4.58. The quantitative estimate of drug-likeness (QED) is 0.794. The number of nitrogens with zero attached hydrogens (tertiary/aromatic N) is 2. The first kappa shape index (κ1) is 14.8. The average Bonchev–Trinajstić information content (AvgIpc) is 2.93. The third-order valence-corrected chi connectivity index (χ3v) is 3.48. The average molecular weight is 329 g/mol. The van der Waals surface area contributed by atoms with E-state index in [9.17, 15) is 18.0 Å². The van der Waals surface area contributed by atoms with E-state index in [2.05, 4.69) is 9.97 Å². The molecule has 4 nitrogen and oxygen atoms in total. The molecule has 0 fully saturated rings. The van der Waals surface area contributed by atoms with Crippen molar-refractivity contribution in [1.29, 1.82) is 0 Å². The Morgan fingerprint density at radius 3 is 2.64 bits per heavy atom. The van der Waals surface area contributed by atoms with Crippen LogP contribution in [0.3, 0.4) is 0 Å². The zero-order chi connectivity index (χ0) is 15.9. The van der Waals surface area contributed by atoms with E-state index >= 15 is 0 Å². The topological polar surface area (TPSA) is 52.1 Å². The van der Waals surface area contributed by atoms with Gasteiger partial charge in [-0.25, -0.2) is 4.98 Å². The lowest BCUT2D eigenvalue weighted by Crippen LogP contribution is -2.17. The van der Waals surface area contributed by atoms with Gasteiger partial charge in [-0.05, 0) is 12.1 Å². The van der Waals surface area contributed by atoms with Crippen LogP contribution in [0, 0.1) is 0 Å². The standard InChI is InChI=1S/C14H8ClF3N2O2/c15-9-4-2-1-3-7(9)10(21)12-19-11(14(16,17)18)8-5-6-22-13(8)20-12/h1-4H,5-6H2. The van der Waals surface area contributed by atoms with Crippen LogP contribution in [-0.2, 0) is 12.6 Å². The first-order valence-corrected chi connectivity index (χ1v) is 6.66. The molecule has 0 aliphatic carbocycles. The number of halogens is 4. The van der Waals surface area contributed by atoms with Crippen molar-refractivity contribution in [2.75, 3.05) is 6.61 Å². The highest BCUT2D eigenvalue weighted by molar-refractivity contribution is 6.34. The van der Waals surface area contributed by atoms with Crippen molar-refractivity contribution in [1.82, 2.24) is 9.97 Å². The third-order valence-electron chi connectivity index (χ3n) is 3.15. The van der Waals surface area contributed by atoms with Crippen molar-refractivity contribution >= 4 is 17.4 Å². The zero-order valence-electron chi connectivity index (χ0n) is 10.9. The van der Waals surface area contributed by atoms with Crippen LogP contribution >= 0.6 is 11.6 Å². The maximum Gasteiger partial charge on any atom is 0.433 e. The zero-order valence-corrected chi connectivity index (χ0v) is 11.7. The minimum absolute atomic E-state index is 0.0373. The van der Waals surface area contributed by atoms with E-state index in [1.807, 2.05) is 0 Å². The fraction of sp³-hybridized carbons (Fsp3) is 0.214. The smallest absolute Gasteiger partial charge is 0.433 e. The number of ether oxygens (including phenoxy) is 1. The second-order valence-corrected chi connectivity index (χ2v) is 4.99. The van der Waals surface area contributed by atoms with Crippen molar-refractivity contribution in [3.05, 3.63) is 51.9 Å². The molecule has 2 heterocycles. The van der Waals surface area contributed by atoms with Crippen molar-refractivity contribution in [2.24, 2.45) is 0 Å². The number of alkyl halides is 3. The lowest BCUT2D eigenvalue weighted by molar-refractivity contribution is -0.141. The van der Waals surface area contributed by atoms with Crippen molar-refractivity contribution in [3.8, 4) is 5.88 Å². The molecule has 1 aromatic carbocycles. The molecule has 0 spiro atoms. The van der Waals surface area contributed by atoms with Gasteiger partial charge < -0.3 is 4.74 Å². The SMILES string of the molecule is O=C(c1nc2c(c(C(F)(F)F)n1)CCO2)c1ccccc1Cl. The molecule has 0 amide bonds. The van der Waals surface area contributed by atoms with Crippen LogP contribution in [0.25, 0.3) is 0 Å². The number of ketones is 1. The third kappa shape index (κ3) is 2.52. The van der Waals surface area contributed by atoms with Gasteiger partial charge in [0.25, 0.3) is 0 Å². The Balaban J connectivity index is 2.13. The summed E-state index contributed by atoms with van der Waals surface area (Å²) in [6.45, 7) is 0.0802.